The molecule has 0 bridgehead atoms. The molecule has 0 aromatic carbocycles. The number of sulfone groups is 1. The Bertz CT molecular complexity index is 1210. The lowest BCUT2D eigenvalue weighted by atomic mass is 10.0. The van der Waals surface area contributed by atoms with Crippen molar-refractivity contribution < 1.29 is 13.2 Å². The van der Waals surface area contributed by atoms with Crippen LogP contribution in [-0.2, 0) is 19.3 Å². The molecule has 2 aliphatic rings. The number of aromatic amines is 1. The van der Waals surface area contributed by atoms with Gasteiger partial charge in [-0.1, -0.05) is 0 Å². The van der Waals surface area contributed by atoms with Gasteiger partial charge < -0.3 is 14.6 Å². The zero-order chi connectivity index (χ0) is 20.9. The molecule has 5 rings (SSSR count). The number of aromatic nitrogens is 4. The molecular weight excluding hydrogens is 402 g/mol. The summed E-state index contributed by atoms with van der Waals surface area (Å²) in [7, 11) is -3.28. The summed E-state index contributed by atoms with van der Waals surface area (Å²) in [6.45, 7) is 5.82. The van der Waals surface area contributed by atoms with E-state index in [-0.39, 0.29) is 11.8 Å². The van der Waals surface area contributed by atoms with E-state index in [1.807, 2.05) is 24.4 Å². The SMILES string of the molecule is C[C@@H]1COCCN1c1cc([C@@]2(C)CCCS2(=O)=O)nc(-c2ccnc3[nH]ccc23)n1. The van der Waals surface area contributed by atoms with Gasteiger partial charge in [-0.15, -0.1) is 0 Å². The molecule has 2 saturated heterocycles. The predicted octanol–water partition coefficient (Wildman–Crippen LogP) is 2.67. The Hall–Kier alpha value is -2.52. The van der Waals surface area contributed by atoms with Gasteiger partial charge in [0.2, 0.25) is 0 Å². The number of pyridine rings is 1. The van der Waals surface area contributed by atoms with Gasteiger partial charge in [0.1, 0.15) is 16.2 Å². The first-order valence-electron chi connectivity index (χ1n) is 10.3. The second-order valence-electron chi connectivity index (χ2n) is 8.30. The van der Waals surface area contributed by atoms with Crippen LogP contribution in [0.4, 0.5) is 5.82 Å². The summed E-state index contributed by atoms with van der Waals surface area (Å²) in [5.41, 5.74) is 2.16. The number of rotatable bonds is 3. The first-order chi connectivity index (χ1) is 14.4. The van der Waals surface area contributed by atoms with Crippen molar-refractivity contribution in [1.82, 2.24) is 19.9 Å². The topological polar surface area (TPSA) is 101 Å². The second kappa shape index (κ2) is 7.02. The Balaban J connectivity index is 1.73. The third kappa shape index (κ3) is 2.99. The Kier molecular flexibility index (Phi) is 4.55. The zero-order valence-corrected chi connectivity index (χ0v) is 17.9. The van der Waals surface area contributed by atoms with Crippen LogP contribution in [0.5, 0.6) is 0 Å². The minimum Gasteiger partial charge on any atom is -0.377 e. The smallest absolute Gasteiger partial charge is 0.162 e. The Morgan fingerprint density at radius 3 is 2.93 bits per heavy atom. The van der Waals surface area contributed by atoms with Crippen LogP contribution in [0.3, 0.4) is 0 Å². The molecule has 0 aliphatic carbocycles. The number of H-pyrrole nitrogens is 1. The van der Waals surface area contributed by atoms with Crippen molar-refractivity contribution in [2.75, 3.05) is 30.4 Å². The van der Waals surface area contributed by atoms with Gasteiger partial charge >= 0.3 is 0 Å². The summed E-state index contributed by atoms with van der Waals surface area (Å²) in [6.07, 6.45) is 4.77. The van der Waals surface area contributed by atoms with Crippen LogP contribution in [-0.4, -0.2) is 59.9 Å². The van der Waals surface area contributed by atoms with E-state index in [0.717, 1.165) is 22.4 Å². The van der Waals surface area contributed by atoms with Crippen molar-refractivity contribution in [3.63, 3.8) is 0 Å². The normalized spacial score (nSPS) is 26.3. The lowest BCUT2D eigenvalue weighted by Crippen LogP contribution is -2.44. The summed E-state index contributed by atoms with van der Waals surface area (Å²) in [5.74, 6) is 1.47. The second-order valence-corrected chi connectivity index (χ2v) is 10.8. The minimum atomic E-state index is -3.28. The van der Waals surface area contributed by atoms with Crippen LogP contribution >= 0.6 is 0 Å². The number of fused-ring (bicyclic) bond motifs is 1. The Morgan fingerprint density at radius 1 is 1.30 bits per heavy atom. The quantitative estimate of drug-likeness (QED) is 0.686. The third-order valence-electron chi connectivity index (χ3n) is 6.37. The summed E-state index contributed by atoms with van der Waals surface area (Å²) >= 11 is 0. The molecule has 0 radical (unpaired) electrons. The summed E-state index contributed by atoms with van der Waals surface area (Å²) < 4.78 is 30.5. The monoisotopic (exact) mass is 427 g/mol. The van der Waals surface area contributed by atoms with E-state index < -0.39 is 14.6 Å². The first kappa shape index (κ1) is 19.4. The first-order valence-corrected chi connectivity index (χ1v) is 11.9. The fraction of sp³-hybridized carbons (Fsp3) is 0.476. The van der Waals surface area contributed by atoms with E-state index in [1.165, 1.54) is 0 Å². The van der Waals surface area contributed by atoms with Crippen LogP contribution < -0.4 is 4.90 Å². The molecule has 0 unspecified atom stereocenters. The van der Waals surface area contributed by atoms with Crippen LogP contribution in [0.2, 0.25) is 0 Å². The number of nitrogens with zero attached hydrogens (tertiary/aromatic N) is 4. The molecule has 30 heavy (non-hydrogen) atoms. The third-order valence-corrected chi connectivity index (χ3v) is 8.98. The fourth-order valence-corrected chi connectivity index (χ4v) is 6.32. The lowest BCUT2D eigenvalue weighted by Gasteiger charge is -2.35. The molecule has 8 nitrogen and oxygen atoms in total. The summed E-state index contributed by atoms with van der Waals surface area (Å²) in [6, 6.07) is 5.84. The lowest BCUT2D eigenvalue weighted by molar-refractivity contribution is 0.0985. The minimum absolute atomic E-state index is 0.145. The molecule has 158 valence electrons. The predicted molar refractivity (Wildman–Crippen MR) is 115 cm³/mol. The number of morpholine rings is 1. The molecule has 9 heteroatoms. The molecule has 2 aliphatic heterocycles. The molecule has 2 fully saturated rings. The number of anilines is 1. The van der Waals surface area contributed by atoms with Gasteiger partial charge in [-0.05, 0) is 38.8 Å². The van der Waals surface area contributed by atoms with E-state index in [1.54, 1.807) is 13.1 Å². The standard InChI is InChI=1S/C21H25N5O3S/c1-14-13-29-10-9-26(14)18-12-17(21(2)6-3-11-30(21,27)28)24-20(25-18)16-5-8-23-19-15(16)4-7-22-19/h4-5,7-8,12,14H,3,6,9-11,13H2,1-2H3,(H,22,23)/t14-,21-/m1/s1. The summed E-state index contributed by atoms with van der Waals surface area (Å²) in [4.78, 5) is 19.3. The van der Waals surface area contributed by atoms with Gasteiger partial charge in [0, 0.05) is 36.0 Å². The molecule has 0 amide bonds. The number of ether oxygens (including phenoxy) is 1. The zero-order valence-electron chi connectivity index (χ0n) is 17.1. The Morgan fingerprint density at radius 2 is 2.17 bits per heavy atom. The molecule has 5 heterocycles. The van der Waals surface area contributed by atoms with Crippen molar-refractivity contribution in [3.05, 3.63) is 36.3 Å². The highest BCUT2D eigenvalue weighted by Gasteiger charge is 2.46. The average molecular weight is 428 g/mol. The van der Waals surface area contributed by atoms with Gasteiger partial charge in [0.15, 0.2) is 15.7 Å². The van der Waals surface area contributed by atoms with Gasteiger partial charge in [0.25, 0.3) is 0 Å². The molecule has 0 spiro atoms. The number of hydrogen-bond donors (Lipinski definition) is 1. The van der Waals surface area contributed by atoms with Crippen molar-refractivity contribution in [2.45, 2.75) is 37.5 Å². The Labute approximate surface area is 175 Å². The van der Waals surface area contributed by atoms with Crippen molar-refractivity contribution in [3.8, 4) is 11.4 Å². The molecule has 3 aromatic heterocycles. The largest absolute Gasteiger partial charge is 0.377 e. The maximum atomic E-state index is 12.9. The number of hydrogen-bond acceptors (Lipinski definition) is 7. The molecular formula is C21H25N5O3S. The average Bonchev–Trinajstić information content (AvgIpc) is 3.32. The van der Waals surface area contributed by atoms with Gasteiger partial charge in [0.05, 0.1) is 30.7 Å². The van der Waals surface area contributed by atoms with Crippen LogP contribution in [0.1, 0.15) is 32.4 Å². The highest BCUT2D eigenvalue weighted by Crippen LogP contribution is 2.42. The van der Waals surface area contributed by atoms with E-state index in [0.29, 0.717) is 44.1 Å². The fourth-order valence-electron chi connectivity index (χ4n) is 4.46. The highest BCUT2D eigenvalue weighted by atomic mass is 32.2. The summed E-state index contributed by atoms with van der Waals surface area (Å²) in [5, 5.41) is 0.912. The molecule has 1 N–H and O–H groups in total. The van der Waals surface area contributed by atoms with Crippen molar-refractivity contribution in [1.29, 1.82) is 0 Å². The van der Waals surface area contributed by atoms with Crippen LogP contribution in [0, 0.1) is 0 Å². The van der Waals surface area contributed by atoms with Crippen molar-refractivity contribution >= 4 is 26.7 Å². The molecule has 2 atom stereocenters. The van der Waals surface area contributed by atoms with E-state index >= 15 is 0 Å². The van der Waals surface area contributed by atoms with Gasteiger partial charge in [-0.25, -0.2) is 23.4 Å². The van der Waals surface area contributed by atoms with Gasteiger partial charge in [-0.2, -0.15) is 0 Å². The molecule has 0 saturated carbocycles. The van der Waals surface area contributed by atoms with E-state index in [2.05, 4.69) is 21.8 Å². The maximum Gasteiger partial charge on any atom is 0.162 e. The number of nitrogens with one attached hydrogen (secondary N) is 1. The van der Waals surface area contributed by atoms with Gasteiger partial charge in [-0.3, -0.25) is 0 Å². The van der Waals surface area contributed by atoms with Crippen molar-refractivity contribution in [2.24, 2.45) is 0 Å². The van der Waals surface area contributed by atoms with E-state index in [9.17, 15) is 8.42 Å². The van der Waals surface area contributed by atoms with Crippen LogP contribution in [0.15, 0.2) is 30.6 Å². The van der Waals surface area contributed by atoms with E-state index in [4.69, 9.17) is 14.7 Å². The maximum absolute atomic E-state index is 12.9. The molecule has 3 aromatic rings. The van der Waals surface area contributed by atoms with Crippen LogP contribution in [0.25, 0.3) is 22.4 Å². The highest BCUT2D eigenvalue weighted by molar-refractivity contribution is 7.92.